The molecule has 4 heteroatoms. The molecular formula is C15H18FNO2. The Labute approximate surface area is 112 Å². The highest BCUT2D eigenvalue weighted by Crippen LogP contribution is 2.22. The van der Waals surface area contributed by atoms with E-state index in [9.17, 15) is 4.39 Å². The first-order chi connectivity index (χ1) is 9.10. The number of rotatable bonds is 5. The fraction of sp³-hybridized carbons (Fsp3) is 0.333. The van der Waals surface area contributed by atoms with Crippen molar-refractivity contribution in [3.63, 3.8) is 0 Å². The molecule has 1 atom stereocenters. The smallest absolute Gasteiger partial charge is 0.165 e. The van der Waals surface area contributed by atoms with E-state index in [-0.39, 0.29) is 17.6 Å². The summed E-state index contributed by atoms with van der Waals surface area (Å²) in [6.07, 6.45) is 0. The van der Waals surface area contributed by atoms with Crippen molar-refractivity contribution in [3.05, 3.63) is 53.2 Å². The fourth-order valence-electron chi connectivity index (χ4n) is 1.90. The first kappa shape index (κ1) is 13.6. The lowest BCUT2D eigenvalue weighted by Gasteiger charge is -2.14. The van der Waals surface area contributed by atoms with Crippen LogP contribution in [-0.4, -0.2) is 7.11 Å². The van der Waals surface area contributed by atoms with Gasteiger partial charge in [-0.2, -0.15) is 0 Å². The van der Waals surface area contributed by atoms with Crippen LogP contribution in [0.5, 0.6) is 5.75 Å². The molecule has 0 fully saturated rings. The van der Waals surface area contributed by atoms with E-state index < -0.39 is 0 Å². The molecule has 0 aliphatic rings. The van der Waals surface area contributed by atoms with E-state index in [0.29, 0.717) is 6.54 Å². The van der Waals surface area contributed by atoms with E-state index in [2.05, 4.69) is 5.32 Å². The van der Waals surface area contributed by atoms with Crippen molar-refractivity contribution >= 4 is 0 Å². The first-order valence-electron chi connectivity index (χ1n) is 6.22. The van der Waals surface area contributed by atoms with Crippen LogP contribution in [0.2, 0.25) is 0 Å². The third-order valence-electron chi connectivity index (χ3n) is 3.05. The number of furan rings is 1. The van der Waals surface area contributed by atoms with Gasteiger partial charge in [0.25, 0.3) is 0 Å². The number of methoxy groups -OCH3 is 1. The second kappa shape index (κ2) is 5.89. The van der Waals surface area contributed by atoms with E-state index in [1.165, 1.54) is 13.2 Å². The zero-order valence-corrected chi connectivity index (χ0v) is 11.4. The molecule has 1 aromatic carbocycles. The third-order valence-corrected chi connectivity index (χ3v) is 3.05. The Morgan fingerprint density at radius 2 is 2.11 bits per heavy atom. The molecule has 19 heavy (non-hydrogen) atoms. The van der Waals surface area contributed by atoms with Gasteiger partial charge >= 0.3 is 0 Å². The van der Waals surface area contributed by atoms with Gasteiger partial charge in [-0.3, -0.25) is 0 Å². The van der Waals surface area contributed by atoms with Crippen LogP contribution in [0.25, 0.3) is 0 Å². The van der Waals surface area contributed by atoms with Crippen molar-refractivity contribution in [1.82, 2.24) is 5.32 Å². The third kappa shape index (κ3) is 3.35. The number of ether oxygens (including phenoxy) is 1. The van der Waals surface area contributed by atoms with Crippen molar-refractivity contribution in [2.75, 3.05) is 7.11 Å². The van der Waals surface area contributed by atoms with Gasteiger partial charge in [-0.05, 0) is 43.7 Å². The van der Waals surface area contributed by atoms with Crippen LogP contribution in [0.15, 0.2) is 34.7 Å². The molecule has 0 aliphatic heterocycles. The number of benzene rings is 1. The number of nitrogens with one attached hydrogen (secondary N) is 1. The van der Waals surface area contributed by atoms with E-state index >= 15 is 0 Å². The van der Waals surface area contributed by atoms with Crippen LogP contribution in [0, 0.1) is 12.7 Å². The second-order valence-electron chi connectivity index (χ2n) is 4.51. The number of aryl methyl sites for hydroxylation is 1. The lowest BCUT2D eigenvalue weighted by molar-refractivity contribution is 0.384. The predicted octanol–water partition coefficient (Wildman–Crippen LogP) is 3.59. The van der Waals surface area contributed by atoms with Crippen LogP contribution in [-0.2, 0) is 6.54 Å². The molecule has 1 N–H and O–H groups in total. The minimum Gasteiger partial charge on any atom is -0.494 e. The van der Waals surface area contributed by atoms with Gasteiger partial charge in [-0.25, -0.2) is 4.39 Å². The van der Waals surface area contributed by atoms with Gasteiger partial charge in [0.05, 0.1) is 13.7 Å². The van der Waals surface area contributed by atoms with E-state index in [1.807, 2.05) is 26.0 Å². The Morgan fingerprint density at radius 3 is 2.74 bits per heavy atom. The number of hydrogen-bond donors (Lipinski definition) is 1. The van der Waals surface area contributed by atoms with Crippen molar-refractivity contribution in [2.24, 2.45) is 0 Å². The topological polar surface area (TPSA) is 34.4 Å². The summed E-state index contributed by atoms with van der Waals surface area (Å²) in [4.78, 5) is 0. The molecule has 1 unspecified atom stereocenters. The summed E-state index contributed by atoms with van der Waals surface area (Å²) in [7, 11) is 1.46. The largest absolute Gasteiger partial charge is 0.494 e. The van der Waals surface area contributed by atoms with Gasteiger partial charge in [-0.15, -0.1) is 0 Å². The van der Waals surface area contributed by atoms with E-state index in [4.69, 9.17) is 9.15 Å². The van der Waals surface area contributed by atoms with Crippen molar-refractivity contribution < 1.29 is 13.5 Å². The molecule has 0 spiro atoms. The Hall–Kier alpha value is -1.81. The summed E-state index contributed by atoms with van der Waals surface area (Å²) < 4.78 is 23.8. The van der Waals surface area contributed by atoms with Gasteiger partial charge in [0.1, 0.15) is 11.5 Å². The fourth-order valence-corrected chi connectivity index (χ4v) is 1.90. The molecule has 3 nitrogen and oxygen atoms in total. The molecule has 0 bridgehead atoms. The molecule has 0 saturated heterocycles. The van der Waals surface area contributed by atoms with Crippen LogP contribution in [0.3, 0.4) is 0 Å². The summed E-state index contributed by atoms with van der Waals surface area (Å²) in [5.41, 5.74) is 0.974. The van der Waals surface area contributed by atoms with Gasteiger partial charge < -0.3 is 14.5 Å². The summed E-state index contributed by atoms with van der Waals surface area (Å²) in [5.74, 6) is 1.70. The molecule has 0 radical (unpaired) electrons. The lowest BCUT2D eigenvalue weighted by Crippen LogP contribution is -2.17. The van der Waals surface area contributed by atoms with Crippen molar-refractivity contribution in [1.29, 1.82) is 0 Å². The Morgan fingerprint density at radius 1 is 1.32 bits per heavy atom. The molecule has 2 aromatic rings. The van der Waals surface area contributed by atoms with Crippen molar-refractivity contribution in [3.8, 4) is 5.75 Å². The van der Waals surface area contributed by atoms with Gasteiger partial charge in [0, 0.05) is 6.04 Å². The molecule has 2 rings (SSSR count). The zero-order valence-electron chi connectivity index (χ0n) is 11.4. The minimum atomic E-state index is -0.347. The maximum Gasteiger partial charge on any atom is 0.165 e. The number of halogens is 1. The Bertz CT molecular complexity index is 551. The second-order valence-corrected chi connectivity index (χ2v) is 4.51. The standard InChI is InChI=1S/C15H18FNO2/c1-10-4-6-13(19-10)9-17-11(2)12-5-7-14(16)15(8-12)18-3/h4-8,11,17H,9H2,1-3H3. The van der Waals surface area contributed by atoms with Crippen LogP contribution >= 0.6 is 0 Å². The molecule has 0 saturated carbocycles. The summed E-state index contributed by atoms with van der Waals surface area (Å²) >= 11 is 0. The summed E-state index contributed by atoms with van der Waals surface area (Å²) in [6, 6.07) is 8.84. The molecule has 1 aromatic heterocycles. The average Bonchev–Trinajstić information content (AvgIpc) is 2.82. The molecule has 0 aliphatic carbocycles. The zero-order chi connectivity index (χ0) is 13.8. The first-order valence-corrected chi connectivity index (χ1v) is 6.22. The molecule has 0 amide bonds. The van der Waals surface area contributed by atoms with Crippen LogP contribution < -0.4 is 10.1 Å². The average molecular weight is 263 g/mol. The van der Waals surface area contributed by atoms with E-state index in [1.54, 1.807) is 12.1 Å². The Balaban J connectivity index is 2.01. The van der Waals surface area contributed by atoms with Crippen molar-refractivity contribution in [2.45, 2.75) is 26.4 Å². The predicted molar refractivity (Wildman–Crippen MR) is 71.7 cm³/mol. The van der Waals surface area contributed by atoms with E-state index in [0.717, 1.165) is 17.1 Å². The Kier molecular flexibility index (Phi) is 4.22. The SMILES string of the molecule is COc1cc(C(C)NCc2ccc(C)o2)ccc1F. The maximum absolute atomic E-state index is 13.3. The highest BCUT2D eigenvalue weighted by molar-refractivity contribution is 5.31. The van der Waals surface area contributed by atoms with Gasteiger partial charge in [0.15, 0.2) is 11.6 Å². The van der Waals surface area contributed by atoms with Gasteiger partial charge in [-0.1, -0.05) is 6.07 Å². The molecule has 102 valence electrons. The monoisotopic (exact) mass is 263 g/mol. The highest BCUT2D eigenvalue weighted by Gasteiger charge is 2.10. The van der Waals surface area contributed by atoms with Gasteiger partial charge in [0.2, 0.25) is 0 Å². The lowest BCUT2D eigenvalue weighted by atomic mass is 10.1. The minimum absolute atomic E-state index is 0.0832. The quantitative estimate of drug-likeness (QED) is 0.895. The number of hydrogen-bond acceptors (Lipinski definition) is 3. The normalized spacial score (nSPS) is 12.4. The highest BCUT2D eigenvalue weighted by atomic mass is 19.1. The summed E-state index contributed by atoms with van der Waals surface area (Å²) in [6.45, 7) is 4.56. The van der Waals surface area contributed by atoms with Crippen LogP contribution in [0.4, 0.5) is 4.39 Å². The molecule has 1 heterocycles. The molecular weight excluding hydrogens is 245 g/mol. The van der Waals surface area contributed by atoms with Crippen LogP contribution in [0.1, 0.15) is 30.0 Å². The maximum atomic E-state index is 13.3. The summed E-state index contributed by atoms with van der Waals surface area (Å²) in [5, 5.41) is 3.33.